The molecule has 0 unspecified atom stereocenters. The molecule has 4 nitrogen and oxygen atoms in total. The van der Waals surface area contributed by atoms with Gasteiger partial charge in [-0.25, -0.2) is 9.97 Å². The number of aromatic nitrogens is 3. The van der Waals surface area contributed by atoms with E-state index in [0.717, 1.165) is 30.5 Å². The first-order valence-corrected chi connectivity index (χ1v) is 6.23. The molecule has 0 amide bonds. The van der Waals surface area contributed by atoms with Gasteiger partial charge in [0, 0.05) is 36.6 Å². The highest BCUT2D eigenvalue weighted by Crippen LogP contribution is 2.10. The fraction of sp³-hybridized carbons (Fsp3) is 0.455. The number of nitrogens with one attached hydrogen (secondary N) is 1. The summed E-state index contributed by atoms with van der Waals surface area (Å²) in [5, 5.41) is 4.50. The highest BCUT2D eigenvalue weighted by atomic mass is 32.1. The predicted molar refractivity (Wildman–Crippen MR) is 65.3 cm³/mol. The fourth-order valence-electron chi connectivity index (χ4n) is 1.58. The first kappa shape index (κ1) is 11.3. The summed E-state index contributed by atoms with van der Waals surface area (Å²) in [4.78, 5) is 9.81. The summed E-state index contributed by atoms with van der Waals surface area (Å²) in [7, 11) is 0. The zero-order chi connectivity index (χ0) is 11.4. The summed E-state index contributed by atoms with van der Waals surface area (Å²) in [5.74, 6) is 1.09. The van der Waals surface area contributed by atoms with Crippen LogP contribution in [0.5, 0.6) is 0 Å². The summed E-state index contributed by atoms with van der Waals surface area (Å²) in [6, 6.07) is 0. The minimum absolute atomic E-state index is 0.803. The Bertz CT molecular complexity index is 446. The molecule has 1 N–H and O–H groups in total. The van der Waals surface area contributed by atoms with Gasteiger partial charge in [-0.15, -0.1) is 11.3 Å². The van der Waals surface area contributed by atoms with E-state index >= 15 is 0 Å². The topological polar surface area (TPSA) is 42.7 Å². The van der Waals surface area contributed by atoms with Gasteiger partial charge in [0.05, 0.1) is 11.6 Å². The van der Waals surface area contributed by atoms with E-state index in [2.05, 4.69) is 26.8 Å². The lowest BCUT2D eigenvalue weighted by molar-refractivity contribution is 0.616. The summed E-state index contributed by atoms with van der Waals surface area (Å²) in [6.45, 7) is 6.78. The van der Waals surface area contributed by atoms with E-state index in [4.69, 9.17) is 0 Å². The van der Waals surface area contributed by atoms with Crippen LogP contribution >= 0.6 is 11.3 Å². The van der Waals surface area contributed by atoms with Crippen molar-refractivity contribution in [2.45, 2.75) is 33.5 Å². The SMILES string of the molecule is CCn1ccnc1CNCc1cnc(C)s1. The Labute approximate surface area is 99.4 Å². The molecule has 5 heteroatoms. The molecule has 2 heterocycles. The molecule has 0 saturated carbocycles. The van der Waals surface area contributed by atoms with Gasteiger partial charge in [0.25, 0.3) is 0 Å². The maximum atomic E-state index is 4.31. The van der Waals surface area contributed by atoms with Crippen molar-refractivity contribution in [2.75, 3.05) is 0 Å². The van der Waals surface area contributed by atoms with Gasteiger partial charge in [-0.2, -0.15) is 0 Å². The summed E-state index contributed by atoms with van der Waals surface area (Å²) < 4.78 is 2.14. The molecule has 86 valence electrons. The molecule has 0 spiro atoms. The maximum Gasteiger partial charge on any atom is 0.122 e. The smallest absolute Gasteiger partial charge is 0.122 e. The summed E-state index contributed by atoms with van der Waals surface area (Å²) in [6.07, 6.45) is 5.78. The van der Waals surface area contributed by atoms with Crippen LogP contribution in [0, 0.1) is 6.92 Å². The van der Waals surface area contributed by atoms with Gasteiger partial charge in [0.15, 0.2) is 0 Å². The lowest BCUT2D eigenvalue weighted by Gasteiger charge is -2.05. The van der Waals surface area contributed by atoms with Crippen LogP contribution in [0.1, 0.15) is 22.6 Å². The van der Waals surface area contributed by atoms with Gasteiger partial charge in [-0.05, 0) is 13.8 Å². The largest absolute Gasteiger partial charge is 0.334 e. The Morgan fingerprint density at radius 1 is 1.38 bits per heavy atom. The first-order valence-electron chi connectivity index (χ1n) is 5.41. The van der Waals surface area contributed by atoms with Gasteiger partial charge in [0.1, 0.15) is 5.82 Å². The Morgan fingerprint density at radius 3 is 2.94 bits per heavy atom. The molecule has 0 radical (unpaired) electrons. The van der Waals surface area contributed by atoms with E-state index in [1.807, 2.05) is 25.5 Å². The fourth-order valence-corrected chi connectivity index (χ4v) is 2.34. The molecule has 2 rings (SSSR count). The molecule has 0 bridgehead atoms. The molecule has 0 saturated heterocycles. The van der Waals surface area contributed by atoms with Crippen molar-refractivity contribution in [3.8, 4) is 0 Å². The molecule has 0 atom stereocenters. The molecule has 16 heavy (non-hydrogen) atoms. The van der Waals surface area contributed by atoms with Crippen molar-refractivity contribution in [1.82, 2.24) is 19.9 Å². The highest BCUT2D eigenvalue weighted by molar-refractivity contribution is 7.11. The first-order chi connectivity index (χ1) is 7.79. The van der Waals surface area contributed by atoms with Crippen molar-refractivity contribution < 1.29 is 0 Å². The zero-order valence-corrected chi connectivity index (χ0v) is 10.4. The third-order valence-corrected chi connectivity index (χ3v) is 3.31. The second-order valence-electron chi connectivity index (χ2n) is 3.58. The van der Waals surface area contributed by atoms with Crippen molar-refractivity contribution in [1.29, 1.82) is 0 Å². The third kappa shape index (κ3) is 2.68. The molecular weight excluding hydrogens is 220 g/mol. The van der Waals surface area contributed by atoms with Crippen molar-refractivity contribution >= 4 is 11.3 Å². The zero-order valence-electron chi connectivity index (χ0n) is 9.60. The second-order valence-corrected chi connectivity index (χ2v) is 4.90. The average Bonchev–Trinajstić information content (AvgIpc) is 2.87. The Morgan fingerprint density at radius 2 is 2.25 bits per heavy atom. The van der Waals surface area contributed by atoms with Gasteiger partial charge >= 0.3 is 0 Å². The Balaban J connectivity index is 1.84. The van der Waals surface area contributed by atoms with Crippen LogP contribution in [0.4, 0.5) is 0 Å². The Hall–Kier alpha value is -1.20. The summed E-state index contributed by atoms with van der Waals surface area (Å²) in [5.41, 5.74) is 0. The van der Waals surface area contributed by atoms with Crippen molar-refractivity contribution in [3.05, 3.63) is 34.3 Å². The van der Waals surface area contributed by atoms with Crippen LogP contribution in [0.15, 0.2) is 18.6 Å². The number of hydrogen-bond donors (Lipinski definition) is 1. The van der Waals surface area contributed by atoms with Crippen LogP contribution < -0.4 is 5.32 Å². The number of aryl methyl sites for hydroxylation is 2. The minimum Gasteiger partial charge on any atom is -0.334 e. The lowest BCUT2D eigenvalue weighted by Crippen LogP contribution is -2.15. The van der Waals surface area contributed by atoms with E-state index in [1.165, 1.54) is 4.88 Å². The van der Waals surface area contributed by atoms with Crippen molar-refractivity contribution in [3.63, 3.8) is 0 Å². The van der Waals surface area contributed by atoms with Gasteiger partial charge in [-0.3, -0.25) is 0 Å². The van der Waals surface area contributed by atoms with E-state index in [9.17, 15) is 0 Å². The minimum atomic E-state index is 0.803. The lowest BCUT2D eigenvalue weighted by atomic mass is 10.5. The van der Waals surface area contributed by atoms with E-state index in [-0.39, 0.29) is 0 Å². The molecule has 0 aromatic carbocycles. The van der Waals surface area contributed by atoms with Gasteiger partial charge < -0.3 is 9.88 Å². The standard InChI is InChI=1S/C11H16N4S/c1-3-15-5-4-13-11(15)8-12-6-10-7-14-9(2)16-10/h4-5,7,12H,3,6,8H2,1-2H3. The normalized spacial score (nSPS) is 10.9. The molecule has 0 aliphatic heterocycles. The summed E-state index contributed by atoms with van der Waals surface area (Å²) >= 11 is 1.73. The van der Waals surface area contributed by atoms with E-state index < -0.39 is 0 Å². The average molecular weight is 236 g/mol. The number of imidazole rings is 1. The van der Waals surface area contributed by atoms with Crippen LogP contribution in [0.3, 0.4) is 0 Å². The number of rotatable bonds is 5. The third-order valence-electron chi connectivity index (χ3n) is 2.39. The molecular formula is C11H16N4S. The predicted octanol–water partition coefficient (Wildman–Crippen LogP) is 1.96. The molecule has 0 aliphatic rings. The van der Waals surface area contributed by atoms with Crippen LogP contribution in [0.25, 0.3) is 0 Å². The quantitative estimate of drug-likeness (QED) is 0.863. The number of thiazole rings is 1. The van der Waals surface area contributed by atoms with E-state index in [0.29, 0.717) is 0 Å². The molecule has 0 fully saturated rings. The van der Waals surface area contributed by atoms with Crippen LogP contribution in [-0.4, -0.2) is 14.5 Å². The monoisotopic (exact) mass is 236 g/mol. The molecule has 2 aromatic heterocycles. The Kier molecular flexibility index (Phi) is 3.69. The van der Waals surface area contributed by atoms with Gasteiger partial charge in [0.2, 0.25) is 0 Å². The second kappa shape index (κ2) is 5.23. The van der Waals surface area contributed by atoms with Gasteiger partial charge in [-0.1, -0.05) is 0 Å². The number of nitrogens with zero attached hydrogens (tertiary/aromatic N) is 3. The maximum absolute atomic E-state index is 4.31. The molecule has 2 aromatic rings. The van der Waals surface area contributed by atoms with E-state index in [1.54, 1.807) is 11.3 Å². The van der Waals surface area contributed by atoms with Crippen molar-refractivity contribution in [2.24, 2.45) is 0 Å². The number of hydrogen-bond acceptors (Lipinski definition) is 4. The molecule has 0 aliphatic carbocycles. The van der Waals surface area contributed by atoms with Crippen LogP contribution in [0.2, 0.25) is 0 Å². The highest BCUT2D eigenvalue weighted by Gasteiger charge is 2.01. The van der Waals surface area contributed by atoms with Crippen LogP contribution in [-0.2, 0) is 19.6 Å².